The van der Waals surface area contributed by atoms with Crippen molar-refractivity contribution in [3.8, 4) is 5.75 Å². The molecular weight excluding hydrogens is 392 g/mol. The van der Waals surface area contributed by atoms with E-state index in [1.54, 1.807) is 31.4 Å². The van der Waals surface area contributed by atoms with Gasteiger partial charge in [-0.05, 0) is 60.7 Å². The molecule has 3 aromatic carbocycles. The van der Waals surface area contributed by atoms with Crippen molar-refractivity contribution >= 4 is 28.9 Å². The third-order valence-corrected chi connectivity index (χ3v) is 4.50. The lowest BCUT2D eigenvalue weighted by Gasteiger charge is -2.12. The molecule has 0 atom stereocenters. The molecule has 0 aliphatic rings. The summed E-state index contributed by atoms with van der Waals surface area (Å²) >= 11 is 0. The SMILES string of the molecule is COC(=O)c1ccc(N=C(N=Nc2ccccc2OC)c2ccc(N(C)C)cc2)cc1. The number of nitrogens with zero attached hydrogens (tertiary/aromatic N) is 4. The topological polar surface area (TPSA) is 75.8 Å². The van der Waals surface area contributed by atoms with Gasteiger partial charge in [0, 0.05) is 25.3 Å². The fraction of sp³-hybridized carbons (Fsp3) is 0.167. The Labute approximate surface area is 181 Å². The smallest absolute Gasteiger partial charge is 0.337 e. The number of benzene rings is 3. The Hall–Kier alpha value is -4.00. The third-order valence-electron chi connectivity index (χ3n) is 4.50. The fourth-order valence-corrected chi connectivity index (χ4v) is 2.78. The second-order valence-electron chi connectivity index (χ2n) is 6.79. The van der Waals surface area contributed by atoms with Crippen LogP contribution in [0.3, 0.4) is 0 Å². The predicted molar refractivity (Wildman–Crippen MR) is 122 cm³/mol. The van der Waals surface area contributed by atoms with Crippen molar-refractivity contribution in [2.45, 2.75) is 0 Å². The van der Waals surface area contributed by atoms with E-state index in [1.165, 1.54) is 7.11 Å². The van der Waals surface area contributed by atoms with E-state index in [0.717, 1.165) is 11.3 Å². The molecule has 0 radical (unpaired) electrons. The van der Waals surface area contributed by atoms with E-state index in [9.17, 15) is 4.79 Å². The number of carbonyl (C=O) groups is 1. The van der Waals surface area contributed by atoms with Crippen LogP contribution in [0.2, 0.25) is 0 Å². The molecule has 31 heavy (non-hydrogen) atoms. The maximum Gasteiger partial charge on any atom is 0.337 e. The normalized spacial score (nSPS) is 11.4. The summed E-state index contributed by atoms with van der Waals surface area (Å²) in [5, 5.41) is 8.76. The van der Waals surface area contributed by atoms with Crippen molar-refractivity contribution in [3.05, 3.63) is 83.9 Å². The summed E-state index contributed by atoms with van der Waals surface area (Å²) in [6.45, 7) is 0. The summed E-state index contributed by atoms with van der Waals surface area (Å²) in [5.74, 6) is 0.656. The minimum absolute atomic E-state index is 0.397. The molecule has 7 nitrogen and oxygen atoms in total. The highest BCUT2D eigenvalue weighted by Gasteiger charge is 2.08. The average molecular weight is 416 g/mol. The van der Waals surface area contributed by atoms with Gasteiger partial charge in [-0.2, -0.15) is 0 Å². The highest BCUT2D eigenvalue weighted by molar-refractivity contribution is 6.01. The van der Waals surface area contributed by atoms with Crippen LogP contribution in [0.5, 0.6) is 5.75 Å². The van der Waals surface area contributed by atoms with Gasteiger partial charge in [0.2, 0.25) is 0 Å². The van der Waals surface area contributed by atoms with E-state index in [0.29, 0.717) is 28.5 Å². The number of anilines is 1. The van der Waals surface area contributed by atoms with Gasteiger partial charge in [-0.3, -0.25) is 0 Å². The molecule has 0 bridgehead atoms. The number of hydrogen-bond acceptors (Lipinski definition) is 6. The van der Waals surface area contributed by atoms with Gasteiger partial charge in [0.1, 0.15) is 11.4 Å². The number of ether oxygens (including phenoxy) is 2. The lowest BCUT2D eigenvalue weighted by Crippen LogP contribution is -2.08. The lowest BCUT2D eigenvalue weighted by molar-refractivity contribution is 0.0601. The van der Waals surface area contributed by atoms with Crippen LogP contribution in [0.15, 0.2) is 88.0 Å². The Kier molecular flexibility index (Phi) is 7.11. The first kappa shape index (κ1) is 21.7. The van der Waals surface area contributed by atoms with Crippen LogP contribution < -0.4 is 9.64 Å². The Morgan fingerprint density at radius 2 is 1.48 bits per heavy atom. The van der Waals surface area contributed by atoms with Crippen molar-refractivity contribution < 1.29 is 14.3 Å². The molecule has 0 unspecified atom stereocenters. The molecule has 3 aromatic rings. The standard InChI is InChI=1S/C24H24N4O3/c1-28(2)20-15-11-17(12-16-20)23(27-26-21-7-5-6-8-22(21)30-3)25-19-13-9-18(10-14-19)24(29)31-4/h5-16H,1-4H3. The molecule has 0 saturated heterocycles. The molecule has 0 aliphatic heterocycles. The van der Waals surface area contributed by atoms with Crippen molar-refractivity contribution in [3.63, 3.8) is 0 Å². The van der Waals surface area contributed by atoms with Crippen molar-refractivity contribution in [1.82, 2.24) is 0 Å². The maximum absolute atomic E-state index is 11.7. The molecule has 0 spiro atoms. The summed E-state index contributed by atoms with van der Waals surface area (Å²) < 4.78 is 10.1. The van der Waals surface area contributed by atoms with Gasteiger partial charge in [-0.15, -0.1) is 10.2 Å². The molecule has 7 heteroatoms. The van der Waals surface area contributed by atoms with E-state index in [2.05, 4.69) is 15.2 Å². The highest BCUT2D eigenvalue weighted by atomic mass is 16.5. The number of methoxy groups -OCH3 is 2. The average Bonchev–Trinajstić information content (AvgIpc) is 2.81. The Bertz CT molecular complexity index is 1090. The van der Waals surface area contributed by atoms with Crippen LogP contribution in [0.25, 0.3) is 0 Å². The van der Waals surface area contributed by atoms with E-state index in [1.807, 2.05) is 67.5 Å². The zero-order chi connectivity index (χ0) is 22.2. The first-order valence-corrected chi connectivity index (χ1v) is 9.61. The van der Waals surface area contributed by atoms with Crippen LogP contribution in [-0.4, -0.2) is 40.1 Å². The van der Waals surface area contributed by atoms with Crippen LogP contribution in [0.4, 0.5) is 17.1 Å². The molecule has 158 valence electrons. The Balaban J connectivity index is 2.00. The largest absolute Gasteiger partial charge is 0.494 e. The van der Waals surface area contributed by atoms with Gasteiger partial charge in [-0.1, -0.05) is 12.1 Å². The number of aliphatic imine (C=N–C) groups is 1. The monoisotopic (exact) mass is 416 g/mol. The zero-order valence-electron chi connectivity index (χ0n) is 17.9. The number of esters is 1. The molecule has 0 heterocycles. The van der Waals surface area contributed by atoms with Crippen molar-refractivity contribution in [1.29, 1.82) is 0 Å². The Morgan fingerprint density at radius 3 is 2.10 bits per heavy atom. The number of carbonyl (C=O) groups excluding carboxylic acids is 1. The minimum Gasteiger partial charge on any atom is -0.494 e. The van der Waals surface area contributed by atoms with Gasteiger partial charge in [0.05, 0.1) is 25.5 Å². The second kappa shape index (κ2) is 10.2. The minimum atomic E-state index is -0.397. The first-order chi connectivity index (χ1) is 15.0. The maximum atomic E-state index is 11.7. The highest BCUT2D eigenvalue weighted by Crippen LogP contribution is 2.27. The summed E-state index contributed by atoms with van der Waals surface area (Å²) in [5.41, 5.74) is 3.56. The second-order valence-corrected chi connectivity index (χ2v) is 6.79. The number of hydrogen-bond donors (Lipinski definition) is 0. The zero-order valence-corrected chi connectivity index (χ0v) is 17.9. The summed E-state index contributed by atoms with van der Waals surface area (Å²) in [4.78, 5) is 18.3. The molecule has 0 aliphatic carbocycles. The molecule has 3 rings (SSSR count). The van der Waals surface area contributed by atoms with Crippen LogP contribution >= 0.6 is 0 Å². The van der Waals surface area contributed by atoms with Gasteiger partial charge in [-0.25, -0.2) is 9.79 Å². The van der Waals surface area contributed by atoms with Crippen molar-refractivity contribution in [2.24, 2.45) is 15.2 Å². The number of amidine groups is 1. The third kappa shape index (κ3) is 5.54. The molecular formula is C24H24N4O3. The predicted octanol–water partition coefficient (Wildman–Crippen LogP) is 5.41. The molecule has 0 N–H and O–H groups in total. The summed E-state index contributed by atoms with van der Waals surface area (Å²) in [7, 11) is 6.90. The van der Waals surface area contributed by atoms with Crippen molar-refractivity contribution in [2.75, 3.05) is 33.2 Å². The van der Waals surface area contributed by atoms with Gasteiger partial charge in [0.25, 0.3) is 0 Å². The Morgan fingerprint density at radius 1 is 0.839 bits per heavy atom. The molecule has 0 amide bonds. The molecule has 0 aromatic heterocycles. The summed E-state index contributed by atoms with van der Waals surface area (Å²) in [6.07, 6.45) is 0. The number of para-hydroxylation sites is 1. The lowest BCUT2D eigenvalue weighted by atomic mass is 10.1. The molecule has 0 fully saturated rings. The van der Waals surface area contributed by atoms with E-state index in [4.69, 9.17) is 9.47 Å². The van der Waals surface area contributed by atoms with Gasteiger partial charge >= 0.3 is 5.97 Å². The van der Waals surface area contributed by atoms with Crippen LogP contribution in [0, 0.1) is 0 Å². The van der Waals surface area contributed by atoms with Gasteiger partial charge < -0.3 is 14.4 Å². The van der Waals surface area contributed by atoms with E-state index < -0.39 is 5.97 Å². The summed E-state index contributed by atoms with van der Waals surface area (Å²) in [6, 6.07) is 22.0. The van der Waals surface area contributed by atoms with Crippen LogP contribution in [-0.2, 0) is 4.74 Å². The number of azo groups is 1. The van der Waals surface area contributed by atoms with Gasteiger partial charge in [0.15, 0.2) is 5.84 Å². The quantitative estimate of drug-likeness (QED) is 0.233. The van der Waals surface area contributed by atoms with Crippen LogP contribution in [0.1, 0.15) is 15.9 Å². The first-order valence-electron chi connectivity index (χ1n) is 9.61. The molecule has 0 saturated carbocycles. The van der Waals surface area contributed by atoms with E-state index >= 15 is 0 Å². The fourth-order valence-electron chi connectivity index (χ4n) is 2.78. The van der Waals surface area contributed by atoms with E-state index in [-0.39, 0.29) is 0 Å². The number of rotatable bonds is 6.